The van der Waals surface area contributed by atoms with Crippen LogP contribution >= 0.6 is 0 Å². The molecule has 0 saturated carbocycles. The van der Waals surface area contributed by atoms with E-state index in [0.717, 1.165) is 5.56 Å². The number of hydrogen-bond donors (Lipinski definition) is 2. The van der Waals surface area contributed by atoms with Gasteiger partial charge in [0.25, 0.3) is 10.0 Å². The highest BCUT2D eigenvalue weighted by Crippen LogP contribution is 2.26. The molecule has 2 N–H and O–H groups in total. The van der Waals surface area contributed by atoms with Gasteiger partial charge in [-0.25, -0.2) is 4.98 Å². The third kappa shape index (κ3) is 2.70. The number of anilines is 1. The summed E-state index contributed by atoms with van der Waals surface area (Å²) in [6.45, 7) is 3.52. The van der Waals surface area contributed by atoms with E-state index in [2.05, 4.69) is 9.71 Å². The van der Waals surface area contributed by atoms with Gasteiger partial charge >= 0.3 is 0 Å². The third-order valence-corrected chi connectivity index (χ3v) is 3.99. The summed E-state index contributed by atoms with van der Waals surface area (Å²) in [5, 5.41) is 9.58. The number of benzene rings is 1. The van der Waals surface area contributed by atoms with Crippen molar-refractivity contribution < 1.29 is 13.5 Å². The SMILES string of the molecule is Cc1ccc(O)c(NS(=O)(=O)c2cn(C)c(C)n2)c1. The van der Waals surface area contributed by atoms with Gasteiger partial charge in [0, 0.05) is 13.2 Å². The Balaban J connectivity index is 2.39. The van der Waals surface area contributed by atoms with Crippen molar-refractivity contribution in [2.24, 2.45) is 7.05 Å². The van der Waals surface area contributed by atoms with Crippen LogP contribution in [-0.4, -0.2) is 23.1 Å². The molecule has 0 fully saturated rings. The van der Waals surface area contributed by atoms with E-state index in [1.165, 1.54) is 12.3 Å². The van der Waals surface area contributed by atoms with Crippen LogP contribution < -0.4 is 4.72 Å². The van der Waals surface area contributed by atoms with Gasteiger partial charge in [0.05, 0.1) is 5.69 Å². The Morgan fingerprint density at radius 3 is 2.58 bits per heavy atom. The third-order valence-electron chi connectivity index (χ3n) is 2.76. The molecule has 2 aromatic rings. The molecule has 0 aliphatic rings. The quantitative estimate of drug-likeness (QED) is 0.836. The van der Waals surface area contributed by atoms with E-state index in [0.29, 0.717) is 5.82 Å². The fourth-order valence-electron chi connectivity index (χ4n) is 1.58. The molecule has 0 bridgehead atoms. The number of rotatable bonds is 3. The topological polar surface area (TPSA) is 84.2 Å². The average molecular weight is 281 g/mol. The van der Waals surface area contributed by atoms with Crippen molar-refractivity contribution in [3.63, 3.8) is 0 Å². The molecule has 1 aromatic heterocycles. The molecule has 0 spiro atoms. The van der Waals surface area contributed by atoms with Crippen LogP contribution in [0.4, 0.5) is 5.69 Å². The highest BCUT2D eigenvalue weighted by atomic mass is 32.2. The molecule has 0 aliphatic carbocycles. The number of aryl methyl sites for hydroxylation is 3. The van der Waals surface area contributed by atoms with E-state index in [1.807, 2.05) is 6.92 Å². The van der Waals surface area contributed by atoms with Crippen molar-refractivity contribution in [1.82, 2.24) is 9.55 Å². The molecule has 19 heavy (non-hydrogen) atoms. The Bertz CT molecular complexity index is 700. The maximum atomic E-state index is 12.1. The smallest absolute Gasteiger partial charge is 0.281 e. The van der Waals surface area contributed by atoms with Gasteiger partial charge in [-0.2, -0.15) is 8.42 Å². The summed E-state index contributed by atoms with van der Waals surface area (Å²) in [4.78, 5) is 3.96. The summed E-state index contributed by atoms with van der Waals surface area (Å²) >= 11 is 0. The van der Waals surface area contributed by atoms with Gasteiger partial charge in [-0.15, -0.1) is 0 Å². The molecule has 0 aliphatic heterocycles. The van der Waals surface area contributed by atoms with E-state index in [1.54, 1.807) is 30.7 Å². The monoisotopic (exact) mass is 281 g/mol. The van der Waals surface area contributed by atoms with Crippen molar-refractivity contribution in [2.45, 2.75) is 18.9 Å². The second kappa shape index (κ2) is 4.58. The zero-order valence-electron chi connectivity index (χ0n) is 10.9. The first kappa shape index (κ1) is 13.4. The largest absolute Gasteiger partial charge is 0.506 e. The number of hydrogen-bond acceptors (Lipinski definition) is 4. The zero-order valence-corrected chi connectivity index (χ0v) is 11.7. The summed E-state index contributed by atoms with van der Waals surface area (Å²) in [5.74, 6) is 0.468. The van der Waals surface area contributed by atoms with Crippen LogP contribution in [0.3, 0.4) is 0 Å². The van der Waals surface area contributed by atoms with Crippen LogP contribution in [-0.2, 0) is 17.1 Å². The van der Waals surface area contributed by atoms with Crippen LogP contribution in [0, 0.1) is 13.8 Å². The van der Waals surface area contributed by atoms with Crippen LogP contribution in [0.1, 0.15) is 11.4 Å². The van der Waals surface area contributed by atoms with Crippen molar-refractivity contribution in [2.75, 3.05) is 4.72 Å². The summed E-state index contributed by atoms with van der Waals surface area (Å²) in [6.07, 6.45) is 1.42. The first-order chi connectivity index (χ1) is 8.79. The lowest BCUT2D eigenvalue weighted by Gasteiger charge is -2.08. The molecule has 7 heteroatoms. The van der Waals surface area contributed by atoms with Gasteiger partial charge in [0.2, 0.25) is 0 Å². The van der Waals surface area contributed by atoms with E-state index in [4.69, 9.17) is 0 Å². The highest BCUT2D eigenvalue weighted by molar-refractivity contribution is 7.92. The van der Waals surface area contributed by atoms with Gasteiger partial charge < -0.3 is 9.67 Å². The van der Waals surface area contributed by atoms with Crippen molar-refractivity contribution >= 4 is 15.7 Å². The molecular formula is C12H15N3O3S. The number of aromatic hydroxyl groups is 1. The fraction of sp³-hybridized carbons (Fsp3) is 0.250. The number of imidazole rings is 1. The minimum atomic E-state index is -3.80. The lowest BCUT2D eigenvalue weighted by atomic mass is 10.2. The van der Waals surface area contributed by atoms with E-state index in [-0.39, 0.29) is 16.5 Å². The predicted octanol–water partition coefficient (Wildman–Crippen LogP) is 1.54. The standard InChI is InChI=1S/C12H15N3O3S/c1-8-4-5-11(16)10(6-8)14-19(17,18)12-7-15(3)9(2)13-12/h4-7,14,16H,1-3H3. The molecule has 2 rings (SSSR count). The normalized spacial score (nSPS) is 11.5. The Hall–Kier alpha value is -2.02. The maximum Gasteiger partial charge on any atom is 0.281 e. The minimum absolute atomic E-state index is 0.0755. The molecule has 102 valence electrons. The summed E-state index contributed by atoms with van der Waals surface area (Å²) < 4.78 is 28.2. The Labute approximate surface area is 111 Å². The molecule has 0 unspecified atom stereocenters. The number of nitrogens with one attached hydrogen (secondary N) is 1. The molecular weight excluding hydrogens is 266 g/mol. The van der Waals surface area contributed by atoms with E-state index < -0.39 is 10.0 Å². The van der Waals surface area contributed by atoms with Gasteiger partial charge in [-0.3, -0.25) is 4.72 Å². The lowest BCUT2D eigenvalue weighted by Crippen LogP contribution is -2.13. The van der Waals surface area contributed by atoms with Gasteiger partial charge in [0.15, 0.2) is 5.03 Å². The van der Waals surface area contributed by atoms with Crippen LogP contribution in [0.15, 0.2) is 29.4 Å². The van der Waals surface area contributed by atoms with Crippen molar-refractivity contribution in [1.29, 1.82) is 0 Å². The first-order valence-electron chi connectivity index (χ1n) is 5.62. The molecule has 0 saturated heterocycles. The molecule has 6 nitrogen and oxygen atoms in total. The number of sulfonamides is 1. The van der Waals surface area contributed by atoms with Crippen LogP contribution in [0.5, 0.6) is 5.75 Å². The van der Waals surface area contributed by atoms with Crippen molar-refractivity contribution in [3.8, 4) is 5.75 Å². The molecule has 1 heterocycles. The second-order valence-electron chi connectivity index (χ2n) is 4.36. The summed E-state index contributed by atoms with van der Waals surface area (Å²) in [6, 6.07) is 4.69. The lowest BCUT2D eigenvalue weighted by molar-refractivity contribution is 0.477. The Kier molecular flexibility index (Phi) is 3.23. The summed E-state index contributed by atoms with van der Waals surface area (Å²) in [5.41, 5.74) is 0.982. The zero-order chi connectivity index (χ0) is 14.2. The second-order valence-corrected chi connectivity index (χ2v) is 5.99. The molecule has 0 radical (unpaired) electrons. The number of aromatic nitrogens is 2. The Morgan fingerprint density at radius 1 is 1.32 bits per heavy atom. The number of phenolic OH excluding ortho intramolecular Hbond substituents is 1. The maximum absolute atomic E-state index is 12.1. The van der Waals surface area contributed by atoms with E-state index in [9.17, 15) is 13.5 Å². The fourth-order valence-corrected chi connectivity index (χ4v) is 2.69. The van der Waals surface area contributed by atoms with Gasteiger partial charge in [-0.1, -0.05) is 6.07 Å². The van der Waals surface area contributed by atoms with Crippen molar-refractivity contribution in [3.05, 3.63) is 35.8 Å². The number of nitrogens with zero attached hydrogens (tertiary/aromatic N) is 2. The molecule has 1 aromatic carbocycles. The first-order valence-corrected chi connectivity index (χ1v) is 7.10. The average Bonchev–Trinajstić information content (AvgIpc) is 2.65. The molecule has 0 atom stereocenters. The molecule has 0 amide bonds. The van der Waals surface area contributed by atoms with Gasteiger partial charge in [-0.05, 0) is 31.5 Å². The predicted molar refractivity (Wildman–Crippen MR) is 71.6 cm³/mol. The summed E-state index contributed by atoms with van der Waals surface area (Å²) in [7, 11) is -2.08. The Morgan fingerprint density at radius 2 is 2.00 bits per heavy atom. The van der Waals surface area contributed by atoms with Gasteiger partial charge in [0.1, 0.15) is 11.6 Å². The minimum Gasteiger partial charge on any atom is -0.506 e. The highest BCUT2D eigenvalue weighted by Gasteiger charge is 2.19. The van der Waals surface area contributed by atoms with E-state index >= 15 is 0 Å². The van der Waals surface area contributed by atoms with Crippen LogP contribution in [0.2, 0.25) is 0 Å². The van der Waals surface area contributed by atoms with Crippen LogP contribution in [0.25, 0.3) is 0 Å². The number of phenols is 1.